The van der Waals surface area contributed by atoms with E-state index in [9.17, 15) is 4.79 Å². The van der Waals surface area contributed by atoms with Crippen molar-refractivity contribution < 1.29 is 19.4 Å². The standard InChI is InChI=1S/C12H16O4/c1-15-10-6-2-3-7-11(10)16-9-5-4-8-12(13)14/h2-3,6-7H,4-5,8-9H2,1H3,(H,13,14). The maximum absolute atomic E-state index is 10.3. The van der Waals surface area contributed by atoms with Crippen molar-refractivity contribution >= 4 is 5.97 Å². The molecule has 0 saturated carbocycles. The van der Waals surface area contributed by atoms with Gasteiger partial charge in [0.15, 0.2) is 11.5 Å². The highest BCUT2D eigenvalue weighted by atomic mass is 16.5. The van der Waals surface area contributed by atoms with Crippen molar-refractivity contribution in [2.45, 2.75) is 19.3 Å². The molecule has 0 spiro atoms. The van der Waals surface area contributed by atoms with Crippen LogP contribution in [0.25, 0.3) is 0 Å². The van der Waals surface area contributed by atoms with Crippen molar-refractivity contribution in [2.75, 3.05) is 13.7 Å². The van der Waals surface area contributed by atoms with Gasteiger partial charge in [-0.1, -0.05) is 12.1 Å². The molecule has 0 aliphatic rings. The highest BCUT2D eigenvalue weighted by Crippen LogP contribution is 2.25. The molecule has 1 aromatic rings. The number of carboxylic acid groups (broad SMARTS) is 1. The van der Waals surface area contributed by atoms with E-state index in [0.29, 0.717) is 24.5 Å². The van der Waals surface area contributed by atoms with E-state index in [1.165, 1.54) is 0 Å². The molecule has 0 amide bonds. The predicted octanol–water partition coefficient (Wildman–Crippen LogP) is 2.33. The Kier molecular flexibility index (Phi) is 5.19. The first kappa shape index (κ1) is 12.4. The second kappa shape index (κ2) is 6.71. The fourth-order valence-corrected chi connectivity index (χ4v) is 1.30. The first-order valence-electron chi connectivity index (χ1n) is 5.21. The lowest BCUT2D eigenvalue weighted by Gasteiger charge is -2.09. The molecule has 1 rings (SSSR count). The first-order chi connectivity index (χ1) is 7.74. The summed E-state index contributed by atoms with van der Waals surface area (Å²) in [5.41, 5.74) is 0. The van der Waals surface area contributed by atoms with Gasteiger partial charge in [-0.3, -0.25) is 4.79 Å². The van der Waals surface area contributed by atoms with E-state index in [0.717, 1.165) is 6.42 Å². The zero-order valence-corrected chi connectivity index (χ0v) is 9.31. The molecule has 0 unspecified atom stereocenters. The van der Waals surface area contributed by atoms with E-state index >= 15 is 0 Å². The zero-order chi connectivity index (χ0) is 11.8. The van der Waals surface area contributed by atoms with Gasteiger partial charge >= 0.3 is 5.97 Å². The smallest absolute Gasteiger partial charge is 0.303 e. The lowest BCUT2D eigenvalue weighted by Crippen LogP contribution is -2.01. The van der Waals surface area contributed by atoms with Gasteiger partial charge in [0, 0.05) is 6.42 Å². The number of hydrogen-bond acceptors (Lipinski definition) is 3. The number of methoxy groups -OCH3 is 1. The summed E-state index contributed by atoms with van der Waals surface area (Å²) in [7, 11) is 1.59. The number of unbranched alkanes of at least 4 members (excludes halogenated alkanes) is 1. The van der Waals surface area contributed by atoms with Gasteiger partial charge in [-0.25, -0.2) is 0 Å². The number of carbonyl (C=O) groups is 1. The number of hydrogen-bond donors (Lipinski definition) is 1. The molecule has 0 bridgehead atoms. The van der Waals surface area contributed by atoms with Crippen LogP contribution < -0.4 is 9.47 Å². The molecule has 0 heterocycles. The van der Waals surface area contributed by atoms with Crippen LogP contribution in [0.4, 0.5) is 0 Å². The molecule has 88 valence electrons. The first-order valence-corrected chi connectivity index (χ1v) is 5.21. The summed E-state index contributed by atoms with van der Waals surface area (Å²) in [6, 6.07) is 7.40. The third-order valence-electron chi connectivity index (χ3n) is 2.11. The van der Waals surface area contributed by atoms with E-state index in [1.54, 1.807) is 7.11 Å². The SMILES string of the molecule is COc1ccccc1OCCCCC(=O)O. The van der Waals surface area contributed by atoms with Crippen LogP contribution in [0.2, 0.25) is 0 Å². The highest BCUT2D eigenvalue weighted by molar-refractivity contribution is 5.66. The average Bonchev–Trinajstić information content (AvgIpc) is 2.29. The Morgan fingerprint density at radius 1 is 1.25 bits per heavy atom. The van der Waals surface area contributed by atoms with E-state index in [1.807, 2.05) is 24.3 Å². The van der Waals surface area contributed by atoms with Gasteiger partial charge < -0.3 is 14.6 Å². The van der Waals surface area contributed by atoms with Gasteiger partial charge in [-0.05, 0) is 25.0 Å². The van der Waals surface area contributed by atoms with Gasteiger partial charge in [0.05, 0.1) is 13.7 Å². The van der Waals surface area contributed by atoms with Crippen molar-refractivity contribution in [1.29, 1.82) is 0 Å². The molecule has 0 radical (unpaired) electrons. The Morgan fingerprint density at radius 3 is 2.56 bits per heavy atom. The Balaban J connectivity index is 2.28. The van der Waals surface area contributed by atoms with Crippen LogP contribution >= 0.6 is 0 Å². The van der Waals surface area contributed by atoms with Crippen molar-refractivity contribution in [3.63, 3.8) is 0 Å². The van der Waals surface area contributed by atoms with Gasteiger partial charge in [0.1, 0.15) is 0 Å². The Bertz CT molecular complexity index is 336. The van der Waals surface area contributed by atoms with Crippen LogP contribution in [0.1, 0.15) is 19.3 Å². The highest BCUT2D eigenvalue weighted by Gasteiger charge is 2.02. The second-order valence-corrected chi connectivity index (χ2v) is 3.35. The molecule has 4 heteroatoms. The van der Waals surface area contributed by atoms with Crippen LogP contribution in [0.3, 0.4) is 0 Å². The fraction of sp³-hybridized carbons (Fsp3) is 0.417. The van der Waals surface area contributed by atoms with Gasteiger partial charge in [0.2, 0.25) is 0 Å². The van der Waals surface area contributed by atoms with Crippen LogP contribution in [0.5, 0.6) is 11.5 Å². The third-order valence-corrected chi connectivity index (χ3v) is 2.11. The molecule has 16 heavy (non-hydrogen) atoms. The lowest BCUT2D eigenvalue weighted by atomic mass is 10.2. The number of ether oxygens (including phenoxy) is 2. The van der Waals surface area contributed by atoms with E-state index in [4.69, 9.17) is 14.6 Å². The van der Waals surface area contributed by atoms with Crippen LogP contribution in [0, 0.1) is 0 Å². The van der Waals surface area contributed by atoms with Crippen LogP contribution in [-0.2, 0) is 4.79 Å². The summed E-state index contributed by atoms with van der Waals surface area (Å²) in [4.78, 5) is 10.3. The maximum atomic E-state index is 10.3. The molecular weight excluding hydrogens is 208 g/mol. The maximum Gasteiger partial charge on any atom is 0.303 e. The monoisotopic (exact) mass is 224 g/mol. The lowest BCUT2D eigenvalue weighted by molar-refractivity contribution is -0.137. The summed E-state index contributed by atoms with van der Waals surface area (Å²) in [5, 5.41) is 8.45. The minimum Gasteiger partial charge on any atom is -0.493 e. The van der Waals surface area contributed by atoms with Crippen molar-refractivity contribution in [3.05, 3.63) is 24.3 Å². The molecule has 0 aromatic heterocycles. The van der Waals surface area contributed by atoms with Crippen molar-refractivity contribution in [3.8, 4) is 11.5 Å². The number of carboxylic acids is 1. The minimum absolute atomic E-state index is 0.190. The van der Waals surface area contributed by atoms with Gasteiger partial charge in [-0.2, -0.15) is 0 Å². The molecule has 4 nitrogen and oxygen atoms in total. The van der Waals surface area contributed by atoms with Crippen LogP contribution in [-0.4, -0.2) is 24.8 Å². The average molecular weight is 224 g/mol. The van der Waals surface area contributed by atoms with E-state index in [-0.39, 0.29) is 6.42 Å². The number of rotatable bonds is 7. The van der Waals surface area contributed by atoms with Crippen molar-refractivity contribution in [2.24, 2.45) is 0 Å². The summed E-state index contributed by atoms with van der Waals surface area (Å²) >= 11 is 0. The number of aliphatic carboxylic acids is 1. The summed E-state index contributed by atoms with van der Waals surface area (Å²) in [5.74, 6) is 0.623. The molecule has 0 aliphatic carbocycles. The Hall–Kier alpha value is -1.71. The van der Waals surface area contributed by atoms with E-state index < -0.39 is 5.97 Å². The number of benzene rings is 1. The topological polar surface area (TPSA) is 55.8 Å². The summed E-state index contributed by atoms with van der Waals surface area (Å²) in [6.45, 7) is 0.508. The molecular formula is C12H16O4. The minimum atomic E-state index is -0.766. The molecule has 1 N–H and O–H groups in total. The summed E-state index contributed by atoms with van der Waals surface area (Å²) < 4.78 is 10.6. The quantitative estimate of drug-likeness (QED) is 0.722. The van der Waals surface area contributed by atoms with Crippen LogP contribution in [0.15, 0.2) is 24.3 Å². The largest absolute Gasteiger partial charge is 0.493 e. The Morgan fingerprint density at radius 2 is 1.94 bits per heavy atom. The van der Waals surface area contributed by atoms with Gasteiger partial charge in [-0.15, -0.1) is 0 Å². The Labute approximate surface area is 94.8 Å². The molecule has 0 saturated heterocycles. The van der Waals surface area contributed by atoms with Crippen molar-refractivity contribution in [1.82, 2.24) is 0 Å². The molecule has 1 aromatic carbocycles. The van der Waals surface area contributed by atoms with Gasteiger partial charge in [0.25, 0.3) is 0 Å². The normalized spacial score (nSPS) is 9.81. The third kappa shape index (κ3) is 4.21. The van der Waals surface area contributed by atoms with E-state index in [2.05, 4.69) is 0 Å². The fourth-order valence-electron chi connectivity index (χ4n) is 1.30. The predicted molar refractivity (Wildman–Crippen MR) is 60.0 cm³/mol. The summed E-state index contributed by atoms with van der Waals surface area (Å²) in [6.07, 6.45) is 1.55. The zero-order valence-electron chi connectivity index (χ0n) is 9.31. The number of para-hydroxylation sites is 2. The second-order valence-electron chi connectivity index (χ2n) is 3.35. The molecule has 0 atom stereocenters. The molecule has 0 aliphatic heterocycles. The molecule has 0 fully saturated rings.